The van der Waals surface area contributed by atoms with Gasteiger partial charge in [-0.1, -0.05) is 20.8 Å². The molecule has 1 aliphatic heterocycles. The van der Waals surface area contributed by atoms with Gasteiger partial charge in [-0.25, -0.2) is 0 Å². The molecule has 2 bridgehead atoms. The molecule has 2 fully saturated rings. The largest absolute Gasteiger partial charge is 0.330 e. The molecule has 1 saturated heterocycles. The molecule has 0 aromatic carbocycles. The van der Waals surface area contributed by atoms with Gasteiger partial charge in [0.1, 0.15) is 0 Å². The molecule has 1 heterocycles. The smallest absolute Gasteiger partial charge is 0.00987 e. The molecule has 2 rings (SSSR count). The molecule has 3 atom stereocenters. The van der Waals surface area contributed by atoms with Gasteiger partial charge in [0, 0.05) is 19.1 Å². The Hall–Kier alpha value is -0.0800. The normalized spacial score (nSPS) is 32.2. The highest BCUT2D eigenvalue weighted by Gasteiger charge is 2.38. The van der Waals surface area contributed by atoms with Gasteiger partial charge >= 0.3 is 0 Å². The van der Waals surface area contributed by atoms with Gasteiger partial charge in [-0.15, -0.1) is 0 Å². The summed E-state index contributed by atoms with van der Waals surface area (Å²) in [4.78, 5) is 2.72. The highest BCUT2D eigenvalue weighted by molar-refractivity contribution is 4.93. The van der Waals surface area contributed by atoms with Gasteiger partial charge in [-0.3, -0.25) is 4.90 Å². The van der Waals surface area contributed by atoms with Crippen molar-refractivity contribution in [1.29, 1.82) is 0 Å². The lowest BCUT2D eigenvalue weighted by Gasteiger charge is -2.33. The van der Waals surface area contributed by atoms with Crippen LogP contribution in [0.25, 0.3) is 0 Å². The van der Waals surface area contributed by atoms with E-state index in [1.807, 2.05) is 0 Å². The Labute approximate surface area is 101 Å². The summed E-state index contributed by atoms with van der Waals surface area (Å²) in [5.74, 6) is 1.71. The van der Waals surface area contributed by atoms with Gasteiger partial charge in [0.2, 0.25) is 0 Å². The van der Waals surface area contributed by atoms with Crippen LogP contribution in [-0.4, -0.2) is 30.6 Å². The van der Waals surface area contributed by atoms with Crippen molar-refractivity contribution in [2.24, 2.45) is 23.0 Å². The quantitative estimate of drug-likeness (QED) is 0.795. The van der Waals surface area contributed by atoms with E-state index in [4.69, 9.17) is 5.73 Å². The Balaban J connectivity index is 1.83. The average Bonchev–Trinajstić information content (AvgIpc) is 2.75. The van der Waals surface area contributed by atoms with Crippen LogP contribution in [0, 0.1) is 17.3 Å². The lowest BCUT2D eigenvalue weighted by Crippen LogP contribution is -2.39. The van der Waals surface area contributed by atoms with Gasteiger partial charge in [0.25, 0.3) is 0 Å². The number of hydrogen-bond acceptors (Lipinski definition) is 2. The molecule has 16 heavy (non-hydrogen) atoms. The molecule has 2 heteroatoms. The van der Waals surface area contributed by atoms with Crippen molar-refractivity contribution >= 4 is 0 Å². The number of nitrogens with two attached hydrogens (primary N) is 1. The predicted molar refractivity (Wildman–Crippen MR) is 69.3 cm³/mol. The molecule has 0 spiro atoms. The van der Waals surface area contributed by atoms with E-state index in [1.54, 1.807) is 0 Å². The number of fused-ring (bicyclic) bond motifs is 2. The fourth-order valence-electron chi connectivity index (χ4n) is 3.67. The first-order valence-electron chi connectivity index (χ1n) is 6.92. The van der Waals surface area contributed by atoms with Crippen LogP contribution in [0.2, 0.25) is 0 Å². The Bertz CT molecular complexity index is 231. The van der Waals surface area contributed by atoms with Gasteiger partial charge in [-0.05, 0) is 49.5 Å². The molecular weight excluding hydrogens is 196 g/mol. The minimum absolute atomic E-state index is 0.419. The highest BCUT2D eigenvalue weighted by Crippen LogP contribution is 2.38. The van der Waals surface area contributed by atoms with Crippen molar-refractivity contribution < 1.29 is 0 Å². The number of rotatable bonds is 4. The summed E-state index contributed by atoms with van der Waals surface area (Å²) in [6.07, 6.45) is 5.65. The molecular formula is C14H28N2. The second kappa shape index (κ2) is 4.66. The SMILES string of the molecule is CC(C)(C)CC(CN)CN1CC2CCC1C2. The molecule has 94 valence electrons. The fraction of sp³-hybridized carbons (Fsp3) is 1.00. The zero-order valence-corrected chi connectivity index (χ0v) is 11.2. The van der Waals surface area contributed by atoms with E-state index in [0.717, 1.165) is 18.5 Å². The average molecular weight is 224 g/mol. The fourth-order valence-corrected chi connectivity index (χ4v) is 3.67. The van der Waals surface area contributed by atoms with E-state index in [9.17, 15) is 0 Å². The van der Waals surface area contributed by atoms with Crippen molar-refractivity contribution in [3.8, 4) is 0 Å². The zero-order chi connectivity index (χ0) is 11.8. The maximum atomic E-state index is 5.93. The van der Waals surface area contributed by atoms with E-state index in [2.05, 4.69) is 25.7 Å². The van der Waals surface area contributed by atoms with Crippen LogP contribution < -0.4 is 5.73 Å². The Kier molecular flexibility index (Phi) is 3.60. The Morgan fingerprint density at radius 2 is 2.06 bits per heavy atom. The molecule has 0 aromatic heterocycles. The Morgan fingerprint density at radius 3 is 2.50 bits per heavy atom. The minimum atomic E-state index is 0.419. The lowest BCUT2D eigenvalue weighted by atomic mass is 9.84. The van der Waals surface area contributed by atoms with Gasteiger partial charge < -0.3 is 5.73 Å². The van der Waals surface area contributed by atoms with Crippen LogP contribution in [0.4, 0.5) is 0 Å². The summed E-state index contributed by atoms with van der Waals surface area (Å²) < 4.78 is 0. The van der Waals surface area contributed by atoms with E-state index in [1.165, 1.54) is 38.8 Å². The molecule has 3 unspecified atom stereocenters. The monoisotopic (exact) mass is 224 g/mol. The van der Waals surface area contributed by atoms with Crippen LogP contribution in [-0.2, 0) is 0 Å². The first-order valence-corrected chi connectivity index (χ1v) is 6.92. The van der Waals surface area contributed by atoms with E-state index in [-0.39, 0.29) is 0 Å². The van der Waals surface area contributed by atoms with Crippen LogP contribution in [0.3, 0.4) is 0 Å². The van der Waals surface area contributed by atoms with E-state index in [0.29, 0.717) is 11.3 Å². The number of nitrogens with zero attached hydrogens (tertiary/aromatic N) is 1. The maximum absolute atomic E-state index is 5.93. The molecule has 0 radical (unpaired) electrons. The zero-order valence-electron chi connectivity index (χ0n) is 11.2. The van der Waals surface area contributed by atoms with Gasteiger partial charge in [0.05, 0.1) is 0 Å². The minimum Gasteiger partial charge on any atom is -0.330 e. The molecule has 1 saturated carbocycles. The van der Waals surface area contributed by atoms with Crippen LogP contribution in [0.1, 0.15) is 46.5 Å². The van der Waals surface area contributed by atoms with Crippen molar-refractivity contribution in [1.82, 2.24) is 4.90 Å². The van der Waals surface area contributed by atoms with Gasteiger partial charge in [-0.2, -0.15) is 0 Å². The number of hydrogen-bond donors (Lipinski definition) is 1. The molecule has 2 N–H and O–H groups in total. The number of likely N-dealkylation sites (tertiary alicyclic amines) is 1. The Morgan fingerprint density at radius 1 is 1.31 bits per heavy atom. The van der Waals surface area contributed by atoms with Crippen LogP contribution in [0.15, 0.2) is 0 Å². The molecule has 0 aromatic rings. The first-order chi connectivity index (χ1) is 7.48. The maximum Gasteiger partial charge on any atom is 0.00987 e. The highest BCUT2D eigenvalue weighted by atomic mass is 15.2. The molecule has 0 amide bonds. The van der Waals surface area contributed by atoms with Crippen molar-refractivity contribution in [3.05, 3.63) is 0 Å². The summed E-state index contributed by atoms with van der Waals surface area (Å²) in [7, 11) is 0. The second-order valence-corrected chi connectivity index (χ2v) is 7.15. The van der Waals surface area contributed by atoms with Gasteiger partial charge in [0.15, 0.2) is 0 Å². The summed E-state index contributed by atoms with van der Waals surface area (Å²) in [5.41, 5.74) is 6.35. The van der Waals surface area contributed by atoms with Crippen molar-refractivity contribution in [2.45, 2.75) is 52.5 Å². The summed E-state index contributed by atoms with van der Waals surface area (Å²) >= 11 is 0. The van der Waals surface area contributed by atoms with Crippen LogP contribution in [0.5, 0.6) is 0 Å². The summed E-state index contributed by atoms with van der Waals surface area (Å²) in [5, 5.41) is 0. The second-order valence-electron chi connectivity index (χ2n) is 7.15. The van der Waals surface area contributed by atoms with Crippen LogP contribution >= 0.6 is 0 Å². The van der Waals surface area contributed by atoms with E-state index >= 15 is 0 Å². The van der Waals surface area contributed by atoms with E-state index < -0.39 is 0 Å². The standard InChI is InChI=1S/C14H28N2/c1-14(2,3)7-12(8-15)10-16-9-11-4-5-13(16)6-11/h11-13H,4-10,15H2,1-3H3. The topological polar surface area (TPSA) is 29.3 Å². The molecule has 2 aliphatic rings. The third-order valence-corrected chi connectivity index (χ3v) is 4.25. The van der Waals surface area contributed by atoms with Crippen molar-refractivity contribution in [3.63, 3.8) is 0 Å². The lowest BCUT2D eigenvalue weighted by molar-refractivity contribution is 0.159. The molecule has 1 aliphatic carbocycles. The third kappa shape index (κ3) is 2.98. The molecule has 2 nitrogen and oxygen atoms in total. The first kappa shape index (κ1) is 12.4. The summed E-state index contributed by atoms with van der Waals surface area (Å²) in [6.45, 7) is 10.4. The summed E-state index contributed by atoms with van der Waals surface area (Å²) in [6, 6.07) is 0.902. The third-order valence-electron chi connectivity index (χ3n) is 4.25. The number of piperidine rings is 1. The predicted octanol–water partition coefficient (Wildman–Crippen LogP) is 2.48. The van der Waals surface area contributed by atoms with Crippen molar-refractivity contribution in [2.75, 3.05) is 19.6 Å².